The van der Waals surface area contributed by atoms with Gasteiger partial charge in [0.1, 0.15) is 6.10 Å². The SMILES string of the molecule is NC(=O)C(O)C1CCN(c2ncc(Br)cn2)CC1. The van der Waals surface area contributed by atoms with Crippen molar-refractivity contribution in [2.45, 2.75) is 18.9 Å². The molecule has 0 aromatic carbocycles. The van der Waals surface area contributed by atoms with Gasteiger partial charge in [-0.05, 0) is 34.7 Å². The molecule has 1 saturated heterocycles. The molecule has 1 aromatic heterocycles. The van der Waals surface area contributed by atoms with Crippen molar-refractivity contribution in [3.8, 4) is 0 Å². The van der Waals surface area contributed by atoms with Gasteiger partial charge in [-0.25, -0.2) is 9.97 Å². The Morgan fingerprint density at radius 2 is 2.00 bits per heavy atom. The third-order valence-corrected chi connectivity index (χ3v) is 3.58. The fourth-order valence-corrected chi connectivity index (χ4v) is 2.32. The quantitative estimate of drug-likeness (QED) is 0.837. The molecule has 0 bridgehead atoms. The van der Waals surface area contributed by atoms with Crippen LogP contribution in [0.5, 0.6) is 0 Å². The first-order valence-corrected chi connectivity index (χ1v) is 6.57. The van der Waals surface area contributed by atoms with E-state index >= 15 is 0 Å². The normalized spacial score (nSPS) is 18.7. The van der Waals surface area contributed by atoms with Crippen molar-refractivity contribution in [2.75, 3.05) is 18.0 Å². The average molecular weight is 315 g/mol. The second-order valence-electron chi connectivity index (χ2n) is 4.37. The molecule has 2 heterocycles. The van der Waals surface area contributed by atoms with E-state index in [4.69, 9.17) is 5.73 Å². The molecule has 0 saturated carbocycles. The molecule has 1 amide bonds. The van der Waals surface area contributed by atoms with Gasteiger partial charge >= 0.3 is 0 Å². The van der Waals surface area contributed by atoms with Gasteiger partial charge in [0, 0.05) is 25.5 Å². The lowest BCUT2D eigenvalue weighted by atomic mass is 9.91. The zero-order chi connectivity index (χ0) is 13.1. The van der Waals surface area contributed by atoms with Gasteiger partial charge in [0.15, 0.2) is 0 Å². The number of primary amides is 1. The third-order valence-electron chi connectivity index (χ3n) is 3.17. The summed E-state index contributed by atoms with van der Waals surface area (Å²) in [5.41, 5.74) is 5.10. The number of anilines is 1. The molecule has 0 spiro atoms. The summed E-state index contributed by atoms with van der Waals surface area (Å²) < 4.78 is 0.838. The molecular weight excluding hydrogens is 300 g/mol. The summed E-state index contributed by atoms with van der Waals surface area (Å²) in [4.78, 5) is 21.4. The lowest BCUT2D eigenvalue weighted by molar-refractivity contribution is -0.129. The molecule has 1 aliphatic heterocycles. The van der Waals surface area contributed by atoms with Crippen LogP contribution in [0.25, 0.3) is 0 Å². The molecule has 1 atom stereocenters. The molecule has 0 aliphatic carbocycles. The van der Waals surface area contributed by atoms with E-state index in [-0.39, 0.29) is 5.92 Å². The van der Waals surface area contributed by atoms with Crippen LogP contribution in [0.1, 0.15) is 12.8 Å². The van der Waals surface area contributed by atoms with E-state index in [2.05, 4.69) is 25.9 Å². The number of halogens is 1. The Bertz CT molecular complexity index is 418. The highest BCUT2D eigenvalue weighted by molar-refractivity contribution is 9.10. The van der Waals surface area contributed by atoms with Crippen LogP contribution in [-0.2, 0) is 4.79 Å². The fraction of sp³-hybridized carbons (Fsp3) is 0.545. The first kappa shape index (κ1) is 13.2. The van der Waals surface area contributed by atoms with Crippen LogP contribution in [0.15, 0.2) is 16.9 Å². The monoisotopic (exact) mass is 314 g/mol. The lowest BCUT2D eigenvalue weighted by Crippen LogP contribution is -2.43. The number of piperidine rings is 1. The highest BCUT2D eigenvalue weighted by Crippen LogP contribution is 2.23. The molecule has 1 unspecified atom stereocenters. The van der Waals surface area contributed by atoms with E-state index in [1.807, 2.05) is 4.90 Å². The third kappa shape index (κ3) is 2.97. The number of carbonyl (C=O) groups is 1. The van der Waals surface area contributed by atoms with Gasteiger partial charge in [0.05, 0.1) is 4.47 Å². The van der Waals surface area contributed by atoms with Crippen LogP contribution < -0.4 is 10.6 Å². The molecule has 6 nitrogen and oxygen atoms in total. The van der Waals surface area contributed by atoms with Gasteiger partial charge < -0.3 is 15.7 Å². The average Bonchev–Trinajstić information content (AvgIpc) is 2.39. The first-order valence-electron chi connectivity index (χ1n) is 5.78. The fourth-order valence-electron chi connectivity index (χ4n) is 2.12. The van der Waals surface area contributed by atoms with Crippen molar-refractivity contribution in [3.05, 3.63) is 16.9 Å². The summed E-state index contributed by atoms with van der Waals surface area (Å²) in [6, 6.07) is 0. The van der Waals surface area contributed by atoms with E-state index in [0.29, 0.717) is 18.8 Å². The summed E-state index contributed by atoms with van der Waals surface area (Å²) in [6.07, 6.45) is 3.78. The summed E-state index contributed by atoms with van der Waals surface area (Å²) in [6.45, 7) is 1.44. The highest BCUT2D eigenvalue weighted by atomic mass is 79.9. The number of hydrogen-bond donors (Lipinski definition) is 2. The maximum Gasteiger partial charge on any atom is 0.246 e. The van der Waals surface area contributed by atoms with Crippen molar-refractivity contribution >= 4 is 27.8 Å². The predicted octanol–water partition coefficient (Wildman–Crippen LogP) is 0.302. The number of hydrogen-bond acceptors (Lipinski definition) is 5. The van der Waals surface area contributed by atoms with Crippen LogP contribution in [0.3, 0.4) is 0 Å². The van der Waals surface area contributed by atoms with Crippen molar-refractivity contribution in [1.82, 2.24) is 9.97 Å². The van der Waals surface area contributed by atoms with Gasteiger partial charge in [-0.15, -0.1) is 0 Å². The van der Waals surface area contributed by atoms with Crippen molar-refractivity contribution in [3.63, 3.8) is 0 Å². The van der Waals surface area contributed by atoms with Gasteiger partial charge in [0.2, 0.25) is 11.9 Å². The lowest BCUT2D eigenvalue weighted by Gasteiger charge is -2.33. The molecular formula is C11H15BrN4O2. The van der Waals surface area contributed by atoms with E-state index in [1.165, 1.54) is 0 Å². The Balaban J connectivity index is 1.94. The molecule has 1 aliphatic rings. The van der Waals surface area contributed by atoms with Crippen molar-refractivity contribution in [1.29, 1.82) is 0 Å². The Kier molecular flexibility index (Phi) is 4.13. The summed E-state index contributed by atoms with van der Waals surface area (Å²) in [7, 11) is 0. The van der Waals surface area contributed by atoms with Crippen LogP contribution in [0, 0.1) is 5.92 Å². The first-order chi connectivity index (χ1) is 8.58. The number of aliphatic hydroxyl groups excluding tert-OH is 1. The largest absolute Gasteiger partial charge is 0.383 e. The molecule has 7 heteroatoms. The maximum absolute atomic E-state index is 10.9. The van der Waals surface area contributed by atoms with E-state index < -0.39 is 12.0 Å². The predicted molar refractivity (Wildman–Crippen MR) is 69.9 cm³/mol. The van der Waals surface area contributed by atoms with E-state index in [9.17, 15) is 9.90 Å². The Morgan fingerprint density at radius 1 is 1.44 bits per heavy atom. The zero-order valence-corrected chi connectivity index (χ0v) is 11.4. The van der Waals surface area contributed by atoms with Crippen molar-refractivity contribution < 1.29 is 9.90 Å². The Labute approximate surface area is 113 Å². The summed E-state index contributed by atoms with van der Waals surface area (Å²) in [5, 5.41) is 9.61. The van der Waals surface area contributed by atoms with E-state index in [0.717, 1.165) is 17.6 Å². The minimum atomic E-state index is -1.04. The number of aliphatic hydroxyl groups is 1. The molecule has 3 N–H and O–H groups in total. The molecule has 18 heavy (non-hydrogen) atoms. The number of aromatic nitrogens is 2. The van der Waals surface area contributed by atoms with Gasteiger partial charge in [-0.1, -0.05) is 0 Å². The number of nitrogens with two attached hydrogens (primary N) is 1. The van der Waals surface area contributed by atoms with Crippen LogP contribution in [0.4, 0.5) is 5.95 Å². The Hall–Kier alpha value is -1.21. The minimum absolute atomic E-state index is 0.0609. The topological polar surface area (TPSA) is 92.3 Å². The number of carbonyl (C=O) groups excluding carboxylic acids is 1. The molecule has 2 rings (SSSR count). The van der Waals surface area contributed by atoms with Crippen LogP contribution in [0.2, 0.25) is 0 Å². The molecule has 1 aromatic rings. The van der Waals surface area contributed by atoms with E-state index in [1.54, 1.807) is 12.4 Å². The highest BCUT2D eigenvalue weighted by Gasteiger charge is 2.29. The molecule has 0 radical (unpaired) electrons. The smallest absolute Gasteiger partial charge is 0.246 e. The molecule has 1 fully saturated rings. The standard InChI is InChI=1S/C11H15BrN4O2/c12-8-5-14-11(15-6-8)16-3-1-7(2-4-16)9(17)10(13)18/h5-7,9,17H,1-4H2,(H2,13,18). The van der Waals surface area contributed by atoms with Crippen molar-refractivity contribution in [2.24, 2.45) is 11.7 Å². The minimum Gasteiger partial charge on any atom is -0.383 e. The number of nitrogens with zero attached hydrogens (tertiary/aromatic N) is 3. The molecule has 98 valence electrons. The van der Waals surface area contributed by atoms with Crippen LogP contribution >= 0.6 is 15.9 Å². The maximum atomic E-state index is 10.9. The van der Waals surface area contributed by atoms with Gasteiger partial charge in [-0.2, -0.15) is 0 Å². The second kappa shape index (κ2) is 5.62. The second-order valence-corrected chi connectivity index (χ2v) is 5.29. The van der Waals surface area contributed by atoms with Crippen LogP contribution in [-0.4, -0.2) is 40.2 Å². The Morgan fingerprint density at radius 3 is 2.50 bits per heavy atom. The zero-order valence-electron chi connectivity index (χ0n) is 9.79. The summed E-state index contributed by atoms with van der Waals surface area (Å²) >= 11 is 3.29. The number of amides is 1. The van der Waals surface area contributed by atoms with Gasteiger partial charge in [0.25, 0.3) is 0 Å². The van der Waals surface area contributed by atoms with Gasteiger partial charge in [-0.3, -0.25) is 4.79 Å². The number of rotatable bonds is 3. The summed E-state index contributed by atoms with van der Waals surface area (Å²) in [5.74, 6) is -0.0345.